The fourth-order valence-corrected chi connectivity index (χ4v) is 3.00. The van der Waals surface area contributed by atoms with Gasteiger partial charge in [-0.15, -0.1) is 0 Å². The van der Waals surface area contributed by atoms with Gasteiger partial charge in [-0.25, -0.2) is 4.99 Å². The molecule has 6 heteroatoms. The van der Waals surface area contributed by atoms with Crippen LogP contribution in [0.4, 0.5) is 5.69 Å². The van der Waals surface area contributed by atoms with Crippen LogP contribution in [0.1, 0.15) is 11.1 Å². The Morgan fingerprint density at radius 1 is 1.21 bits per heavy atom. The second-order valence-corrected chi connectivity index (χ2v) is 6.27. The lowest BCUT2D eigenvalue weighted by Gasteiger charge is -2.01. The molecule has 3 rings (SSSR count). The van der Waals surface area contributed by atoms with Gasteiger partial charge >= 0.3 is 0 Å². The summed E-state index contributed by atoms with van der Waals surface area (Å²) in [6.45, 7) is 1.90. The van der Waals surface area contributed by atoms with E-state index in [-0.39, 0.29) is 11.7 Å². The number of amidine groups is 1. The third kappa shape index (κ3) is 3.60. The zero-order chi connectivity index (χ0) is 17.1. The Kier molecular flexibility index (Phi) is 4.57. The minimum atomic E-state index is -0.229. The van der Waals surface area contributed by atoms with Crippen molar-refractivity contribution in [2.24, 2.45) is 4.99 Å². The van der Waals surface area contributed by atoms with Crippen molar-refractivity contribution in [2.45, 2.75) is 6.92 Å². The van der Waals surface area contributed by atoms with Crippen LogP contribution in [0.2, 0.25) is 0 Å². The SMILES string of the molecule is COc1ccc(N=C2NC(=O)/C(=C\c3ccc(C)cc3O)S2)cc1. The van der Waals surface area contributed by atoms with E-state index in [1.165, 1.54) is 11.8 Å². The summed E-state index contributed by atoms with van der Waals surface area (Å²) in [5.41, 5.74) is 2.28. The van der Waals surface area contributed by atoms with E-state index in [1.54, 1.807) is 25.3 Å². The molecule has 2 aromatic rings. The number of nitrogens with zero attached hydrogens (tertiary/aromatic N) is 1. The molecule has 0 saturated carbocycles. The van der Waals surface area contributed by atoms with E-state index >= 15 is 0 Å². The molecule has 2 aromatic carbocycles. The molecule has 0 atom stereocenters. The molecule has 0 radical (unpaired) electrons. The molecular weight excluding hydrogens is 324 g/mol. The van der Waals surface area contributed by atoms with Crippen LogP contribution in [0, 0.1) is 6.92 Å². The van der Waals surface area contributed by atoms with Gasteiger partial charge in [-0.1, -0.05) is 12.1 Å². The van der Waals surface area contributed by atoms with Gasteiger partial charge in [-0.2, -0.15) is 0 Å². The van der Waals surface area contributed by atoms with Crippen molar-refractivity contribution >= 4 is 34.6 Å². The first-order chi connectivity index (χ1) is 11.5. The standard InChI is InChI=1S/C18H16N2O3S/c1-11-3-4-12(15(21)9-11)10-16-17(22)20-18(24-16)19-13-5-7-14(23-2)8-6-13/h3-10,21H,1-2H3,(H,19,20,22)/b16-10+. The predicted octanol–water partition coefficient (Wildman–Crippen LogP) is 3.60. The molecule has 1 amide bonds. The van der Waals surface area contributed by atoms with Gasteiger partial charge in [0.25, 0.3) is 5.91 Å². The molecule has 24 heavy (non-hydrogen) atoms. The minimum absolute atomic E-state index is 0.149. The first kappa shape index (κ1) is 16.1. The second-order valence-electron chi connectivity index (χ2n) is 5.24. The Hall–Kier alpha value is -2.73. The lowest BCUT2D eigenvalue weighted by atomic mass is 10.1. The van der Waals surface area contributed by atoms with Crippen LogP contribution >= 0.6 is 11.8 Å². The van der Waals surface area contributed by atoms with Gasteiger partial charge < -0.3 is 15.2 Å². The number of methoxy groups -OCH3 is 1. The number of phenolic OH excluding ortho intramolecular Hbond substituents is 1. The molecule has 122 valence electrons. The predicted molar refractivity (Wildman–Crippen MR) is 96.6 cm³/mol. The number of aryl methyl sites for hydroxylation is 1. The summed E-state index contributed by atoms with van der Waals surface area (Å²) >= 11 is 1.24. The quantitative estimate of drug-likeness (QED) is 0.838. The molecule has 1 saturated heterocycles. The summed E-state index contributed by atoms with van der Waals surface area (Å²) in [7, 11) is 1.60. The normalized spacial score (nSPS) is 17.3. The fraction of sp³-hybridized carbons (Fsp3) is 0.111. The van der Waals surface area contributed by atoms with Crippen LogP contribution in [-0.2, 0) is 4.79 Å². The number of rotatable bonds is 3. The van der Waals surface area contributed by atoms with Crippen molar-refractivity contribution in [3.05, 3.63) is 58.5 Å². The van der Waals surface area contributed by atoms with Gasteiger partial charge in [0, 0.05) is 5.56 Å². The van der Waals surface area contributed by atoms with Gasteiger partial charge in [0.15, 0.2) is 5.17 Å². The highest BCUT2D eigenvalue weighted by Crippen LogP contribution is 2.30. The number of carbonyl (C=O) groups excluding carboxylic acids is 1. The zero-order valence-electron chi connectivity index (χ0n) is 13.2. The lowest BCUT2D eigenvalue weighted by molar-refractivity contribution is -0.115. The Bertz CT molecular complexity index is 842. The van der Waals surface area contributed by atoms with E-state index in [9.17, 15) is 9.90 Å². The molecule has 0 aliphatic carbocycles. The van der Waals surface area contributed by atoms with E-state index in [1.807, 2.05) is 37.3 Å². The number of ether oxygens (including phenoxy) is 1. The maximum Gasteiger partial charge on any atom is 0.264 e. The molecule has 5 nitrogen and oxygen atoms in total. The number of benzene rings is 2. The summed E-state index contributed by atoms with van der Waals surface area (Å²) in [6, 6.07) is 12.6. The average Bonchev–Trinajstić information content (AvgIpc) is 2.90. The summed E-state index contributed by atoms with van der Waals surface area (Å²) < 4.78 is 5.10. The minimum Gasteiger partial charge on any atom is -0.507 e. The van der Waals surface area contributed by atoms with Crippen molar-refractivity contribution in [1.29, 1.82) is 0 Å². The summed E-state index contributed by atoms with van der Waals surface area (Å²) in [6.07, 6.45) is 1.66. The molecule has 1 aliphatic heterocycles. The molecule has 0 aromatic heterocycles. The zero-order valence-corrected chi connectivity index (χ0v) is 14.1. The van der Waals surface area contributed by atoms with Gasteiger partial charge in [-0.05, 0) is 60.7 Å². The highest BCUT2D eigenvalue weighted by Gasteiger charge is 2.24. The number of hydrogen-bond acceptors (Lipinski definition) is 5. The van der Waals surface area contributed by atoms with Crippen molar-refractivity contribution in [3.63, 3.8) is 0 Å². The Labute approximate surface area is 144 Å². The third-order valence-electron chi connectivity index (χ3n) is 3.43. The number of amides is 1. The van der Waals surface area contributed by atoms with E-state index in [2.05, 4.69) is 10.3 Å². The maximum absolute atomic E-state index is 12.1. The van der Waals surface area contributed by atoms with Crippen LogP contribution in [-0.4, -0.2) is 23.3 Å². The first-order valence-electron chi connectivity index (χ1n) is 7.28. The van der Waals surface area contributed by atoms with E-state index in [4.69, 9.17) is 4.74 Å². The van der Waals surface area contributed by atoms with Crippen molar-refractivity contribution in [3.8, 4) is 11.5 Å². The fourth-order valence-electron chi connectivity index (χ4n) is 2.17. The maximum atomic E-state index is 12.1. The van der Waals surface area contributed by atoms with E-state index in [0.717, 1.165) is 17.0 Å². The Balaban J connectivity index is 1.82. The monoisotopic (exact) mass is 340 g/mol. The lowest BCUT2D eigenvalue weighted by Crippen LogP contribution is -2.19. The number of nitrogens with one attached hydrogen (secondary N) is 1. The van der Waals surface area contributed by atoms with Crippen LogP contribution in [0.25, 0.3) is 6.08 Å². The Morgan fingerprint density at radius 2 is 1.96 bits per heavy atom. The number of carbonyl (C=O) groups is 1. The van der Waals surface area contributed by atoms with Crippen LogP contribution < -0.4 is 10.1 Å². The molecule has 2 N–H and O–H groups in total. The smallest absolute Gasteiger partial charge is 0.264 e. The number of aromatic hydroxyl groups is 1. The first-order valence-corrected chi connectivity index (χ1v) is 8.10. The number of phenols is 1. The Morgan fingerprint density at radius 3 is 2.62 bits per heavy atom. The molecule has 0 spiro atoms. The van der Waals surface area contributed by atoms with Crippen LogP contribution in [0.5, 0.6) is 11.5 Å². The van der Waals surface area contributed by atoms with Crippen LogP contribution in [0.15, 0.2) is 52.4 Å². The largest absolute Gasteiger partial charge is 0.507 e. The third-order valence-corrected chi connectivity index (χ3v) is 4.34. The van der Waals surface area contributed by atoms with Gasteiger partial charge in [0.1, 0.15) is 11.5 Å². The molecule has 0 bridgehead atoms. The highest BCUT2D eigenvalue weighted by molar-refractivity contribution is 8.18. The topological polar surface area (TPSA) is 70.9 Å². The van der Waals surface area contributed by atoms with Crippen molar-refractivity contribution in [2.75, 3.05) is 7.11 Å². The van der Waals surface area contributed by atoms with Gasteiger partial charge in [-0.3, -0.25) is 4.79 Å². The molecule has 0 unspecified atom stereocenters. The van der Waals surface area contributed by atoms with E-state index < -0.39 is 0 Å². The number of thioether (sulfide) groups is 1. The number of hydrogen-bond donors (Lipinski definition) is 2. The average molecular weight is 340 g/mol. The highest BCUT2D eigenvalue weighted by atomic mass is 32.2. The summed E-state index contributed by atoms with van der Waals surface area (Å²) in [5, 5.41) is 13.2. The number of aliphatic imine (C=N–C) groups is 1. The van der Waals surface area contributed by atoms with Crippen LogP contribution in [0.3, 0.4) is 0 Å². The summed E-state index contributed by atoms with van der Waals surface area (Å²) in [5.74, 6) is 0.668. The molecule has 1 heterocycles. The van der Waals surface area contributed by atoms with Crippen molar-refractivity contribution in [1.82, 2.24) is 5.32 Å². The molecule has 1 fully saturated rings. The molecule has 1 aliphatic rings. The van der Waals surface area contributed by atoms with Gasteiger partial charge in [0.2, 0.25) is 0 Å². The van der Waals surface area contributed by atoms with E-state index in [0.29, 0.717) is 15.6 Å². The van der Waals surface area contributed by atoms with Gasteiger partial charge in [0.05, 0.1) is 17.7 Å². The second kappa shape index (κ2) is 6.80. The summed E-state index contributed by atoms with van der Waals surface area (Å²) in [4.78, 5) is 17.0. The molecular formula is C18H16N2O3S. The van der Waals surface area contributed by atoms with Crippen molar-refractivity contribution < 1.29 is 14.6 Å².